The fourth-order valence-electron chi connectivity index (χ4n) is 12.5. The standard InChI is InChI=1S/C72H150N12O2/c1-7-9-11-13-15-17-19-21-23-25-27-29-31-33-35-37-59-83(5,65-67(3)63-81-71(85)69(79-57-45-51-75)47-41-53-77-55-43-49-73)61-39-40-62-84(6,60-38-36-34-32-30-28-26-24-22-20-18-16-14-12-10-8-2)66-68(4)64-82-72(86)70(80-58-46-52-76)48-42-54-78-56-44-50-74/h21-24,67-70,77-80H,7-20,25-66,73-76H2,1-6H3/p+2/b23-21+,24-22+. The first-order valence-corrected chi connectivity index (χ1v) is 37.1. The second-order valence-electron chi connectivity index (χ2n) is 27.1. The second kappa shape index (κ2) is 63.2. The Bertz CT molecular complexity index is 1400. The van der Waals surface area contributed by atoms with E-state index in [1.807, 2.05) is 0 Å². The van der Waals surface area contributed by atoms with Crippen molar-refractivity contribution in [1.29, 1.82) is 0 Å². The average molecular weight is 1220 g/mol. The van der Waals surface area contributed by atoms with Gasteiger partial charge in [-0.2, -0.15) is 0 Å². The molecule has 0 aromatic heterocycles. The molecule has 0 aromatic rings. The van der Waals surface area contributed by atoms with Crippen molar-refractivity contribution in [2.75, 3.05) is 132 Å². The second-order valence-corrected chi connectivity index (χ2v) is 27.1. The van der Waals surface area contributed by atoms with Crippen LogP contribution in [-0.4, -0.2) is 165 Å². The first-order valence-electron chi connectivity index (χ1n) is 37.1. The number of hydrogen-bond donors (Lipinski definition) is 10. The SMILES string of the molecule is CCCCCCCC/C=C/CCCCCCCC[N+](C)(CCCC[N+](C)(CCCCCCCC/C=C/CCCCCCCC)CC(C)CNC(=O)C(CCCNCCCN)NCCCN)CC(C)CNC(=O)C(CCCNCCCN)NCCCN. The van der Waals surface area contributed by atoms with Crippen LogP contribution in [-0.2, 0) is 9.59 Å². The molecule has 0 aliphatic carbocycles. The van der Waals surface area contributed by atoms with Crippen molar-refractivity contribution in [3.05, 3.63) is 24.3 Å². The highest BCUT2D eigenvalue weighted by Gasteiger charge is 2.29. The molecule has 0 saturated carbocycles. The van der Waals surface area contributed by atoms with Gasteiger partial charge in [0, 0.05) is 37.8 Å². The molecule has 510 valence electrons. The smallest absolute Gasteiger partial charge is 0.237 e. The molecule has 2 amide bonds. The minimum Gasteiger partial charge on any atom is -0.354 e. The lowest BCUT2D eigenvalue weighted by Gasteiger charge is -2.39. The van der Waals surface area contributed by atoms with E-state index in [1.54, 1.807) is 0 Å². The van der Waals surface area contributed by atoms with E-state index in [0.717, 1.165) is 126 Å². The zero-order valence-corrected chi connectivity index (χ0v) is 58.2. The van der Waals surface area contributed by atoms with E-state index in [9.17, 15) is 9.59 Å². The maximum Gasteiger partial charge on any atom is 0.237 e. The van der Waals surface area contributed by atoms with Gasteiger partial charge < -0.3 is 63.8 Å². The molecule has 0 aliphatic heterocycles. The molecule has 0 radical (unpaired) electrons. The number of nitrogens with two attached hydrogens (primary N) is 4. The molecule has 0 fully saturated rings. The van der Waals surface area contributed by atoms with Gasteiger partial charge in [0.15, 0.2) is 0 Å². The first-order chi connectivity index (χ1) is 41.9. The van der Waals surface area contributed by atoms with E-state index in [-0.39, 0.29) is 23.9 Å². The molecule has 0 bridgehead atoms. The summed E-state index contributed by atoms with van der Waals surface area (Å²) < 4.78 is 2.11. The monoisotopic (exact) mass is 1220 g/mol. The minimum atomic E-state index is -0.208. The summed E-state index contributed by atoms with van der Waals surface area (Å²) in [6.45, 7) is 25.2. The van der Waals surface area contributed by atoms with Gasteiger partial charge in [-0.1, -0.05) is 155 Å². The van der Waals surface area contributed by atoms with Crippen LogP contribution in [0.25, 0.3) is 0 Å². The Kier molecular flexibility index (Phi) is 61.7. The molecule has 0 aromatic carbocycles. The third-order valence-electron chi connectivity index (χ3n) is 17.8. The number of nitrogens with one attached hydrogen (secondary N) is 6. The fraction of sp³-hybridized carbons (Fsp3) is 0.917. The van der Waals surface area contributed by atoms with Gasteiger partial charge in [0.05, 0.1) is 65.4 Å². The Morgan fingerprint density at radius 2 is 0.628 bits per heavy atom. The number of nitrogens with zero attached hydrogens (tertiary/aromatic N) is 2. The van der Waals surface area contributed by atoms with Crippen LogP contribution in [0.15, 0.2) is 24.3 Å². The lowest BCUT2D eigenvalue weighted by atomic mass is 10.0. The summed E-state index contributed by atoms with van der Waals surface area (Å²) in [6, 6.07) is -0.416. The number of carbonyl (C=O) groups excluding carboxylic acids is 2. The molecule has 0 aliphatic rings. The summed E-state index contributed by atoms with van der Waals surface area (Å²) >= 11 is 0. The van der Waals surface area contributed by atoms with Crippen LogP contribution in [0.4, 0.5) is 0 Å². The number of rotatable bonds is 69. The lowest BCUT2D eigenvalue weighted by molar-refractivity contribution is -0.918. The van der Waals surface area contributed by atoms with Gasteiger partial charge in [-0.25, -0.2) is 0 Å². The van der Waals surface area contributed by atoms with Gasteiger partial charge in [-0.15, -0.1) is 0 Å². The van der Waals surface area contributed by atoms with E-state index in [0.29, 0.717) is 51.1 Å². The van der Waals surface area contributed by atoms with Crippen molar-refractivity contribution < 1.29 is 18.6 Å². The summed E-state index contributed by atoms with van der Waals surface area (Å²) in [5, 5.41) is 20.8. The topological polar surface area (TPSA) is 210 Å². The van der Waals surface area contributed by atoms with Crippen molar-refractivity contribution >= 4 is 11.8 Å². The van der Waals surface area contributed by atoms with Crippen LogP contribution in [0, 0.1) is 11.8 Å². The number of carbonyl (C=O) groups is 2. The molecule has 6 atom stereocenters. The molecule has 0 heterocycles. The van der Waals surface area contributed by atoms with Crippen LogP contribution >= 0.6 is 0 Å². The van der Waals surface area contributed by atoms with Crippen molar-refractivity contribution in [1.82, 2.24) is 31.9 Å². The first kappa shape index (κ1) is 84.0. The zero-order chi connectivity index (χ0) is 63.1. The molecule has 6 unspecified atom stereocenters. The normalized spacial score (nSPS) is 14.9. The Labute approximate surface area is 534 Å². The summed E-state index contributed by atoms with van der Waals surface area (Å²) in [7, 11) is 5.01. The third-order valence-corrected chi connectivity index (χ3v) is 17.8. The molecular formula is C72H152N12O2+2. The van der Waals surface area contributed by atoms with Crippen LogP contribution in [0.5, 0.6) is 0 Å². The van der Waals surface area contributed by atoms with Gasteiger partial charge in [0.2, 0.25) is 11.8 Å². The van der Waals surface area contributed by atoms with Crippen LogP contribution < -0.4 is 54.8 Å². The summed E-state index contributed by atoms with van der Waals surface area (Å²) in [4.78, 5) is 27.5. The van der Waals surface area contributed by atoms with Crippen LogP contribution in [0.2, 0.25) is 0 Å². The molecular weight excluding hydrogens is 1060 g/mol. The Hall–Kier alpha value is -1.98. The third kappa shape index (κ3) is 54.9. The summed E-state index contributed by atoms with van der Waals surface area (Å²) in [5.74, 6) is 0.953. The molecule has 86 heavy (non-hydrogen) atoms. The number of allylic oxidation sites excluding steroid dienone is 4. The van der Waals surface area contributed by atoms with Crippen LogP contribution in [0.1, 0.15) is 272 Å². The molecule has 0 spiro atoms. The van der Waals surface area contributed by atoms with Crippen LogP contribution in [0.3, 0.4) is 0 Å². The molecule has 14 nitrogen and oxygen atoms in total. The maximum absolute atomic E-state index is 13.8. The molecule has 0 rings (SSSR count). The Balaban J connectivity index is 5.90. The Morgan fingerprint density at radius 1 is 0.360 bits per heavy atom. The molecule has 0 saturated heterocycles. The maximum atomic E-state index is 13.8. The number of quaternary nitrogens is 2. The van der Waals surface area contributed by atoms with Gasteiger partial charge in [0.25, 0.3) is 0 Å². The highest BCUT2D eigenvalue weighted by Crippen LogP contribution is 2.20. The lowest BCUT2D eigenvalue weighted by Crippen LogP contribution is -2.52. The average Bonchev–Trinajstić information content (AvgIpc) is 3.67. The highest BCUT2D eigenvalue weighted by atomic mass is 16.2. The highest BCUT2D eigenvalue weighted by molar-refractivity contribution is 5.82. The van der Waals surface area contributed by atoms with Crippen molar-refractivity contribution in [3.63, 3.8) is 0 Å². The molecule has 14 N–H and O–H groups in total. The largest absolute Gasteiger partial charge is 0.354 e. The fourth-order valence-corrected chi connectivity index (χ4v) is 12.5. The van der Waals surface area contributed by atoms with E-state index in [2.05, 4.69) is 98.0 Å². The minimum absolute atomic E-state index is 0.118. The van der Waals surface area contributed by atoms with Gasteiger partial charge in [-0.05, 0) is 194 Å². The summed E-state index contributed by atoms with van der Waals surface area (Å²) in [6.07, 6.45) is 56.3. The summed E-state index contributed by atoms with van der Waals surface area (Å²) in [5.41, 5.74) is 23.1. The van der Waals surface area contributed by atoms with Gasteiger partial charge in [-0.3, -0.25) is 9.59 Å². The number of hydrogen-bond acceptors (Lipinski definition) is 10. The van der Waals surface area contributed by atoms with E-state index >= 15 is 0 Å². The number of unbranched alkanes of at least 4 members (excludes halogenated alkanes) is 25. The van der Waals surface area contributed by atoms with Gasteiger partial charge >= 0.3 is 0 Å². The quantitative estimate of drug-likeness (QED) is 0.0158. The van der Waals surface area contributed by atoms with E-state index in [4.69, 9.17) is 22.9 Å². The Morgan fingerprint density at radius 3 is 0.942 bits per heavy atom. The number of amides is 2. The van der Waals surface area contributed by atoms with Crippen molar-refractivity contribution in [3.8, 4) is 0 Å². The predicted molar refractivity (Wildman–Crippen MR) is 377 cm³/mol. The predicted octanol–water partition coefficient (Wildman–Crippen LogP) is 12.3. The van der Waals surface area contributed by atoms with Gasteiger partial charge in [0.1, 0.15) is 0 Å². The van der Waals surface area contributed by atoms with Crippen molar-refractivity contribution in [2.24, 2.45) is 34.8 Å². The molecule has 14 heteroatoms. The van der Waals surface area contributed by atoms with E-state index in [1.165, 1.54) is 206 Å². The zero-order valence-electron chi connectivity index (χ0n) is 58.2. The van der Waals surface area contributed by atoms with E-state index < -0.39 is 0 Å². The van der Waals surface area contributed by atoms with Crippen molar-refractivity contribution in [2.45, 2.75) is 284 Å².